The minimum atomic E-state index is -3.16. The summed E-state index contributed by atoms with van der Waals surface area (Å²) in [6, 6.07) is 6.38. The highest BCUT2D eigenvalue weighted by Gasteiger charge is 2.48. The number of likely N-dealkylation sites (tertiary alicyclic amines) is 1. The largest absolute Gasteiger partial charge is 0.507 e. The van der Waals surface area contributed by atoms with Gasteiger partial charge in [0.2, 0.25) is 0 Å². The number of hydrogen-bond acceptors (Lipinski definition) is 9. The van der Waals surface area contributed by atoms with Crippen LogP contribution in [0, 0.1) is 0 Å². The van der Waals surface area contributed by atoms with E-state index in [0.717, 1.165) is 4.47 Å². The second-order valence-corrected chi connectivity index (χ2v) is 9.62. The minimum Gasteiger partial charge on any atom is -0.463 e. The fourth-order valence-electron chi connectivity index (χ4n) is 3.95. The Balaban J connectivity index is 1.79. The number of nitrogens with one attached hydrogen (secondary N) is 1. The monoisotopic (exact) mass is 570 g/mol. The van der Waals surface area contributed by atoms with Crippen molar-refractivity contribution >= 4 is 45.2 Å². The number of benzene rings is 1. The van der Waals surface area contributed by atoms with Crippen LogP contribution in [-0.4, -0.2) is 64.8 Å². The lowest BCUT2D eigenvalue weighted by Gasteiger charge is -2.30. The molecule has 13 heteroatoms. The molecule has 0 amide bonds. The Morgan fingerprint density at radius 2 is 2.09 bits per heavy atom. The van der Waals surface area contributed by atoms with Gasteiger partial charge in [0.25, 0.3) is 5.92 Å². The molecule has 1 aromatic carbocycles. The van der Waals surface area contributed by atoms with Crippen molar-refractivity contribution in [2.45, 2.75) is 31.5 Å². The molecule has 3 heterocycles. The first-order chi connectivity index (χ1) is 16.7. The van der Waals surface area contributed by atoms with Crippen molar-refractivity contribution in [3.8, 4) is 0 Å². The third kappa shape index (κ3) is 5.85. The summed E-state index contributed by atoms with van der Waals surface area (Å²) in [6.07, 6.45) is -2.23. The molecule has 0 unspecified atom stereocenters. The molecule has 186 valence electrons. The van der Waals surface area contributed by atoms with Crippen LogP contribution in [0.5, 0.6) is 0 Å². The number of rotatable bonds is 7. The van der Waals surface area contributed by atoms with Crippen molar-refractivity contribution in [2.75, 3.05) is 19.7 Å². The molecular formula is C22H21BrF2N4O5S. The molecule has 0 spiro atoms. The maximum atomic E-state index is 14.2. The average molecular weight is 571 g/mol. The van der Waals surface area contributed by atoms with Crippen LogP contribution in [0.1, 0.15) is 30.0 Å². The molecule has 35 heavy (non-hydrogen) atoms. The van der Waals surface area contributed by atoms with Gasteiger partial charge in [-0.2, -0.15) is 0 Å². The van der Waals surface area contributed by atoms with Crippen LogP contribution in [0.4, 0.5) is 13.6 Å². The van der Waals surface area contributed by atoms with Crippen LogP contribution >= 0.6 is 27.3 Å². The number of ether oxygens (including phenoxy) is 2. The predicted molar refractivity (Wildman–Crippen MR) is 126 cm³/mol. The number of halogens is 3. The number of carbonyl (C=O) groups is 2. The fourth-order valence-corrected chi connectivity index (χ4v) is 4.80. The molecular weight excluding hydrogens is 550 g/mol. The number of aromatic nitrogens is 1. The normalized spacial score (nSPS) is 21.9. The molecule has 1 saturated heterocycles. The van der Waals surface area contributed by atoms with Gasteiger partial charge in [0.05, 0.1) is 25.1 Å². The Hall–Kier alpha value is -2.90. The van der Waals surface area contributed by atoms with E-state index in [1.54, 1.807) is 42.8 Å². The number of esters is 1. The molecule has 1 fully saturated rings. The van der Waals surface area contributed by atoms with Gasteiger partial charge < -0.3 is 19.9 Å². The van der Waals surface area contributed by atoms with Crippen LogP contribution in [0.25, 0.3) is 0 Å². The molecule has 2 atom stereocenters. The van der Waals surface area contributed by atoms with Gasteiger partial charge in [-0.05, 0) is 24.6 Å². The Labute approximate surface area is 211 Å². The van der Waals surface area contributed by atoms with Crippen LogP contribution in [0.2, 0.25) is 0 Å². The summed E-state index contributed by atoms with van der Waals surface area (Å²) in [6.45, 7) is 0.793. The number of carboxylic acid groups (broad SMARTS) is 1. The summed E-state index contributed by atoms with van der Waals surface area (Å²) in [5, 5.41) is 14.4. The third-order valence-corrected chi connectivity index (χ3v) is 6.66. The van der Waals surface area contributed by atoms with E-state index in [9.17, 15) is 18.4 Å². The van der Waals surface area contributed by atoms with E-state index in [1.165, 1.54) is 16.2 Å². The highest BCUT2D eigenvalue weighted by Crippen LogP contribution is 2.37. The predicted octanol–water partition coefficient (Wildman–Crippen LogP) is 4.18. The van der Waals surface area contributed by atoms with Crippen molar-refractivity contribution < 1.29 is 33.0 Å². The van der Waals surface area contributed by atoms with E-state index in [4.69, 9.17) is 19.6 Å². The van der Waals surface area contributed by atoms with Gasteiger partial charge in [-0.1, -0.05) is 28.1 Å². The summed E-state index contributed by atoms with van der Waals surface area (Å²) in [4.78, 5) is 34.4. The number of aliphatic imine (C=N–C) groups is 1. The highest BCUT2D eigenvalue weighted by atomic mass is 79.9. The van der Waals surface area contributed by atoms with Crippen molar-refractivity contribution in [2.24, 2.45) is 4.99 Å². The number of alkyl halides is 2. The third-order valence-electron chi connectivity index (χ3n) is 5.36. The molecule has 2 aliphatic heterocycles. The molecule has 0 radical (unpaired) electrons. The smallest absolute Gasteiger partial charge is 0.463 e. The van der Waals surface area contributed by atoms with Crippen molar-refractivity contribution in [3.63, 3.8) is 0 Å². The highest BCUT2D eigenvalue weighted by molar-refractivity contribution is 9.10. The molecule has 2 N–H and O–H groups in total. The molecule has 0 aliphatic carbocycles. The zero-order chi connectivity index (χ0) is 25.2. The minimum absolute atomic E-state index is 0.0955. The Kier molecular flexibility index (Phi) is 7.47. The Bertz CT molecular complexity index is 1160. The zero-order valence-corrected chi connectivity index (χ0v) is 20.8. The van der Waals surface area contributed by atoms with Crippen LogP contribution < -0.4 is 5.32 Å². The molecule has 0 saturated carbocycles. The number of amidine groups is 1. The fraction of sp³-hybridized carbons (Fsp3) is 0.364. The van der Waals surface area contributed by atoms with Crippen LogP contribution in [0.15, 0.2) is 56.6 Å². The van der Waals surface area contributed by atoms with Gasteiger partial charge in [0.1, 0.15) is 6.04 Å². The SMILES string of the molecule is CCOC(=O)C1=C(CN2CC(F)(F)C[C@@H]2OC(=O)O)NC(c2nccs2)=N[C@H]1c1ccc(Br)cc1. The Morgan fingerprint density at radius 1 is 1.34 bits per heavy atom. The molecule has 2 aliphatic rings. The van der Waals surface area contributed by atoms with E-state index in [1.807, 2.05) is 0 Å². The van der Waals surface area contributed by atoms with Gasteiger partial charge in [-0.25, -0.2) is 23.4 Å². The summed E-state index contributed by atoms with van der Waals surface area (Å²) >= 11 is 4.70. The van der Waals surface area contributed by atoms with Crippen LogP contribution in [0.3, 0.4) is 0 Å². The topological polar surface area (TPSA) is 113 Å². The summed E-state index contributed by atoms with van der Waals surface area (Å²) in [7, 11) is 0. The maximum Gasteiger partial charge on any atom is 0.507 e. The number of carbonyl (C=O) groups excluding carboxylic acids is 1. The van der Waals surface area contributed by atoms with Crippen LogP contribution in [-0.2, 0) is 14.3 Å². The first-order valence-electron chi connectivity index (χ1n) is 10.6. The number of nitrogens with zero attached hydrogens (tertiary/aromatic N) is 3. The van der Waals surface area contributed by atoms with Gasteiger partial charge in [0.15, 0.2) is 17.1 Å². The zero-order valence-electron chi connectivity index (χ0n) is 18.4. The summed E-state index contributed by atoms with van der Waals surface area (Å²) in [5.41, 5.74) is 1.07. The first-order valence-corrected chi connectivity index (χ1v) is 12.3. The average Bonchev–Trinajstić information content (AvgIpc) is 3.41. The van der Waals surface area contributed by atoms with Crippen molar-refractivity contribution in [1.29, 1.82) is 0 Å². The summed E-state index contributed by atoms with van der Waals surface area (Å²) < 4.78 is 39.3. The molecule has 9 nitrogen and oxygen atoms in total. The number of hydrogen-bond donors (Lipinski definition) is 2. The van der Waals surface area contributed by atoms with Crippen molar-refractivity contribution in [1.82, 2.24) is 15.2 Å². The molecule has 1 aromatic heterocycles. The lowest BCUT2D eigenvalue weighted by atomic mass is 9.95. The molecule has 4 rings (SSSR count). The summed E-state index contributed by atoms with van der Waals surface area (Å²) in [5.74, 6) is -3.46. The van der Waals surface area contributed by atoms with E-state index in [-0.39, 0.29) is 24.4 Å². The van der Waals surface area contributed by atoms with E-state index < -0.39 is 43.3 Å². The first kappa shape index (κ1) is 25.2. The second-order valence-electron chi connectivity index (χ2n) is 7.81. The van der Waals surface area contributed by atoms with E-state index >= 15 is 0 Å². The quantitative estimate of drug-likeness (QED) is 0.477. The lowest BCUT2D eigenvalue weighted by Crippen LogP contribution is -2.42. The van der Waals surface area contributed by atoms with E-state index in [0.29, 0.717) is 16.4 Å². The van der Waals surface area contributed by atoms with E-state index in [2.05, 4.69) is 26.2 Å². The maximum absolute atomic E-state index is 14.2. The van der Waals surface area contributed by atoms with Gasteiger partial charge in [-0.3, -0.25) is 9.89 Å². The second kappa shape index (κ2) is 10.4. The lowest BCUT2D eigenvalue weighted by molar-refractivity contribution is -0.139. The van der Waals surface area contributed by atoms with Gasteiger partial charge >= 0.3 is 12.1 Å². The Morgan fingerprint density at radius 3 is 2.71 bits per heavy atom. The number of thiazole rings is 1. The molecule has 0 bridgehead atoms. The molecule has 2 aromatic rings. The van der Waals surface area contributed by atoms with Gasteiger partial charge in [-0.15, -0.1) is 11.3 Å². The van der Waals surface area contributed by atoms with Gasteiger partial charge in [0, 0.05) is 28.3 Å². The standard InChI is InChI=1S/C22H21BrF2N4O5S/c1-2-33-20(30)16-14(10-29-11-22(24,25)9-15(29)34-21(31)32)27-18(19-26-7-8-35-19)28-17(16)12-3-5-13(23)6-4-12/h3-8,15,17H,2,9-11H2,1H3,(H,27,28)(H,31,32)/t15-,17-/m0/s1. The van der Waals surface area contributed by atoms with Crippen molar-refractivity contribution in [3.05, 3.63) is 62.2 Å².